The Kier molecular flexibility index (Phi) is 7.01. The Balaban J connectivity index is 1.84. The largest absolute Gasteiger partial charge is 0.480 e. The van der Waals surface area contributed by atoms with Crippen LogP contribution < -0.4 is 20.5 Å². The molecule has 10 heteroatoms. The number of primary amides is 1. The Hall–Kier alpha value is -3.85. The minimum Gasteiger partial charge on any atom is -0.480 e. The molecule has 1 aliphatic rings. The zero-order valence-electron chi connectivity index (χ0n) is 20.9. The number of halogens is 2. The van der Waals surface area contributed by atoms with Gasteiger partial charge in [0.05, 0.1) is 19.2 Å². The van der Waals surface area contributed by atoms with E-state index < -0.39 is 29.0 Å². The van der Waals surface area contributed by atoms with Crippen LogP contribution in [0.25, 0.3) is 11.1 Å². The molecule has 1 aliphatic heterocycles. The molecule has 2 heterocycles. The molecule has 2 aromatic carbocycles. The second kappa shape index (κ2) is 9.89. The molecule has 0 saturated carbocycles. The van der Waals surface area contributed by atoms with Gasteiger partial charge in [-0.2, -0.15) is 0 Å². The van der Waals surface area contributed by atoms with Crippen LogP contribution in [-0.4, -0.2) is 36.2 Å². The summed E-state index contributed by atoms with van der Waals surface area (Å²) in [6.07, 6.45) is 0.737. The van der Waals surface area contributed by atoms with E-state index in [1.807, 2.05) is 30.3 Å². The number of ether oxygens (including phenoxy) is 3. The lowest BCUT2D eigenvalue weighted by Crippen LogP contribution is -2.45. The summed E-state index contributed by atoms with van der Waals surface area (Å²) in [4.78, 5) is 28.6. The number of benzene rings is 2. The molecule has 0 aliphatic carbocycles. The molecular weight excluding hydrogens is 501 g/mol. The van der Waals surface area contributed by atoms with Gasteiger partial charge in [-0.05, 0) is 38.5 Å². The third-order valence-electron chi connectivity index (χ3n) is 5.90. The molecule has 0 bridgehead atoms. The second-order valence-electron chi connectivity index (χ2n) is 9.63. The summed E-state index contributed by atoms with van der Waals surface area (Å²) in [5.74, 6) is -1.65. The molecule has 0 saturated heterocycles. The number of rotatable bonds is 6. The van der Waals surface area contributed by atoms with Gasteiger partial charge in [-0.1, -0.05) is 41.9 Å². The summed E-state index contributed by atoms with van der Waals surface area (Å²) >= 11 is 6.60. The Bertz CT molecular complexity index is 1360. The van der Waals surface area contributed by atoms with Gasteiger partial charge in [0.25, 0.3) is 11.8 Å². The molecule has 37 heavy (non-hydrogen) atoms. The van der Waals surface area contributed by atoms with Gasteiger partial charge in [0, 0.05) is 34.3 Å². The summed E-state index contributed by atoms with van der Waals surface area (Å²) in [5, 5.41) is 2.97. The number of nitrogens with zero attached hydrogens (tertiary/aromatic N) is 1. The summed E-state index contributed by atoms with van der Waals surface area (Å²) in [5.41, 5.74) is 5.07. The minimum atomic E-state index is -1.07. The van der Waals surface area contributed by atoms with Gasteiger partial charge < -0.3 is 25.3 Å². The second-order valence-corrected chi connectivity index (χ2v) is 10.0. The van der Waals surface area contributed by atoms with E-state index in [9.17, 15) is 9.59 Å². The molecule has 2 amide bonds. The highest BCUT2D eigenvalue weighted by Crippen LogP contribution is 2.49. The van der Waals surface area contributed by atoms with Crippen molar-refractivity contribution in [2.24, 2.45) is 5.73 Å². The van der Waals surface area contributed by atoms with Gasteiger partial charge in [-0.15, -0.1) is 0 Å². The Morgan fingerprint density at radius 3 is 2.51 bits per heavy atom. The molecule has 3 aromatic rings. The number of methoxy groups -OCH3 is 1. The first-order valence-electron chi connectivity index (χ1n) is 11.5. The molecule has 0 radical (unpaired) electrons. The van der Waals surface area contributed by atoms with E-state index in [2.05, 4.69) is 10.3 Å². The standard InChI is InChI=1S/C27H27ClFN3O5/c1-26(2,3)37-25(34)32-14-27(15-8-6-5-7-9-15)12-16-19(36-27)11-10-18(28)20(16)21-17(23(30)33)13-31-24(35-4)22(21)29/h5-11,13H,12,14H2,1-4H3,(H2,30,33)(H,32,34)/t27-/m1/s1. The van der Waals surface area contributed by atoms with Gasteiger partial charge in [-0.25, -0.2) is 14.2 Å². The van der Waals surface area contributed by atoms with Crippen molar-refractivity contribution in [3.05, 3.63) is 76.2 Å². The van der Waals surface area contributed by atoms with E-state index >= 15 is 4.39 Å². The first-order chi connectivity index (χ1) is 17.5. The van der Waals surface area contributed by atoms with Crippen molar-refractivity contribution < 1.29 is 28.2 Å². The summed E-state index contributed by atoms with van der Waals surface area (Å²) in [6.45, 7) is 5.35. The van der Waals surface area contributed by atoms with Crippen molar-refractivity contribution >= 4 is 23.6 Å². The first kappa shape index (κ1) is 26.2. The summed E-state index contributed by atoms with van der Waals surface area (Å²) < 4.78 is 32.5. The van der Waals surface area contributed by atoms with Crippen molar-refractivity contribution in [2.45, 2.75) is 38.4 Å². The number of carbonyl (C=O) groups is 2. The average molecular weight is 528 g/mol. The van der Waals surface area contributed by atoms with Gasteiger partial charge in [0.15, 0.2) is 11.4 Å². The van der Waals surface area contributed by atoms with Gasteiger partial charge >= 0.3 is 6.09 Å². The SMILES string of the molecule is COc1ncc(C(N)=O)c(-c2c(Cl)ccc3c2C[C@@](CNC(=O)OC(C)(C)C)(c2ccccc2)O3)c1F. The van der Waals surface area contributed by atoms with E-state index in [1.54, 1.807) is 32.9 Å². The van der Waals surface area contributed by atoms with Crippen LogP contribution in [0.4, 0.5) is 9.18 Å². The van der Waals surface area contributed by atoms with E-state index in [1.165, 1.54) is 7.11 Å². The number of hydrogen-bond donors (Lipinski definition) is 2. The van der Waals surface area contributed by atoms with Crippen molar-refractivity contribution in [3.8, 4) is 22.8 Å². The molecule has 1 atom stereocenters. The van der Waals surface area contributed by atoms with Crippen LogP contribution >= 0.6 is 11.6 Å². The summed E-state index contributed by atoms with van der Waals surface area (Å²) in [7, 11) is 1.27. The monoisotopic (exact) mass is 527 g/mol. The number of aromatic nitrogens is 1. The normalized spacial score (nSPS) is 16.5. The Morgan fingerprint density at radius 2 is 1.89 bits per heavy atom. The number of fused-ring (bicyclic) bond motifs is 1. The highest BCUT2D eigenvalue weighted by atomic mass is 35.5. The number of carbonyl (C=O) groups excluding carboxylic acids is 2. The predicted molar refractivity (Wildman–Crippen MR) is 136 cm³/mol. The lowest BCUT2D eigenvalue weighted by molar-refractivity contribution is 0.0415. The van der Waals surface area contributed by atoms with Crippen molar-refractivity contribution in [1.29, 1.82) is 0 Å². The van der Waals surface area contributed by atoms with Gasteiger partial charge in [-0.3, -0.25) is 4.79 Å². The fourth-order valence-corrected chi connectivity index (χ4v) is 4.62. The van der Waals surface area contributed by atoms with Crippen LogP contribution in [0.1, 0.15) is 42.3 Å². The zero-order chi connectivity index (χ0) is 27.0. The van der Waals surface area contributed by atoms with E-state index in [0.29, 0.717) is 11.3 Å². The van der Waals surface area contributed by atoms with Crippen LogP contribution in [0, 0.1) is 5.82 Å². The third kappa shape index (κ3) is 5.17. The highest BCUT2D eigenvalue weighted by molar-refractivity contribution is 6.34. The molecule has 1 aromatic heterocycles. The van der Waals surface area contributed by atoms with E-state index in [-0.39, 0.29) is 40.6 Å². The number of amides is 2. The van der Waals surface area contributed by atoms with Gasteiger partial charge in [0.1, 0.15) is 11.4 Å². The predicted octanol–water partition coefficient (Wildman–Crippen LogP) is 5.00. The lowest BCUT2D eigenvalue weighted by atomic mass is 9.85. The number of pyridine rings is 1. The topological polar surface area (TPSA) is 113 Å². The fraction of sp³-hybridized carbons (Fsp3) is 0.296. The average Bonchev–Trinajstić information content (AvgIpc) is 3.22. The molecule has 8 nitrogen and oxygen atoms in total. The van der Waals surface area contributed by atoms with Crippen molar-refractivity contribution in [1.82, 2.24) is 10.3 Å². The van der Waals surface area contributed by atoms with E-state index in [4.69, 9.17) is 31.5 Å². The molecule has 3 N–H and O–H groups in total. The zero-order valence-corrected chi connectivity index (χ0v) is 21.6. The maximum atomic E-state index is 15.6. The molecular formula is C27H27ClFN3O5. The fourth-order valence-electron chi connectivity index (χ4n) is 4.35. The number of hydrogen-bond acceptors (Lipinski definition) is 6. The molecule has 0 unspecified atom stereocenters. The van der Waals surface area contributed by atoms with E-state index in [0.717, 1.165) is 11.8 Å². The van der Waals surface area contributed by atoms with Crippen LogP contribution in [-0.2, 0) is 16.8 Å². The Labute approximate surface area is 218 Å². The van der Waals surface area contributed by atoms with Crippen LogP contribution in [0.2, 0.25) is 5.02 Å². The maximum absolute atomic E-state index is 15.6. The van der Waals surface area contributed by atoms with Gasteiger partial charge in [0.2, 0.25) is 0 Å². The maximum Gasteiger partial charge on any atom is 0.407 e. The summed E-state index contributed by atoms with van der Waals surface area (Å²) in [6, 6.07) is 12.5. The first-order valence-corrected chi connectivity index (χ1v) is 11.9. The van der Waals surface area contributed by atoms with Crippen molar-refractivity contribution in [3.63, 3.8) is 0 Å². The van der Waals surface area contributed by atoms with Crippen LogP contribution in [0.3, 0.4) is 0 Å². The van der Waals surface area contributed by atoms with Crippen molar-refractivity contribution in [2.75, 3.05) is 13.7 Å². The molecule has 0 spiro atoms. The number of nitrogens with one attached hydrogen (secondary N) is 1. The van der Waals surface area contributed by atoms with Crippen LogP contribution in [0.5, 0.6) is 11.6 Å². The lowest BCUT2D eigenvalue weighted by Gasteiger charge is -2.30. The molecule has 4 rings (SSSR count). The third-order valence-corrected chi connectivity index (χ3v) is 6.22. The highest BCUT2D eigenvalue weighted by Gasteiger charge is 2.44. The smallest absolute Gasteiger partial charge is 0.407 e. The number of nitrogens with two attached hydrogens (primary N) is 1. The minimum absolute atomic E-state index is 0.0441. The Morgan fingerprint density at radius 1 is 1.19 bits per heavy atom. The van der Waals surface area contributed by atoms with Crippen LogP contribution in [0.15, 0.2) is 48.7 Å². The number of alkyl carbamates (subject to hydrolysis) is 1. The quantitative estimate of drug-likeness (QED) is 0.466. The molecule has 0 fully saturated rings. The molecule has 194 valence electrons.